The van der Waals surface area contributed by atoms with Crippen molar-refractivity contribution in [3.05, 3.63) is 47.9 Å². The summed E-state index contributed by atoms with van der Waals surface area (Å²) in [7, 11) is 0. The molecule has 0 spiro atoms. The molecule has 2 aromatic rings. The van der Waals surface area contributed by atoms with Crippen LogP contribution < -0.4 is 5.73 Å². The van der Waals surface area contributed by atoms with Crippen molar-refractivity contribution >= 4 is 11.8 Å². The van der Waals surface area contributed by atoms with Crippen molar-refractivity contribution in [2.75, 3.05) is 0 Å². The van der Waals surface area contributed by atoms with Crippen LogP contribution in [0.1, 0.15) is 24.5 Å². The van der Waals surface area contributed by atoms with Gasteiger partial charge >= 0.3 is 0 Å². The monoisotopic (exact) mass is 273 g/mol. The first-order valence-electron chi connectivity index (χ1n) is 6.48. The lowest BCUT2D eigenvalue weighted by atomic mass is 10.0. The molecule has 2 rings (SSSR count). The fourth-order valence-corrected chi connectivity index (χ4v) is 2.71. The molecule has 0 fully saturated rings. The van der Waals surface area contributed by atoms with E-state index in [0.29, 0.717) is 0 Å². The Bertz CT molecular complexity index is 528. The first-order chi connectivity index (χ1) is 9.19. The number of nitrogens with zero attached hydrogens (tertiary/aromatic N) is 2. The lowest BCUT2D eigenvalue weighted by Crippen LogP contribution is -2.21. The molecule has 19 heavy (non-hydrogen) atoms. The van der Waals surface area contributed by atoms with Crippen LogP contribution >= 0.6 is 11.8 Å². The molecule has 0 saturated carbocycles. The molecule has 1 heterocycles. The van der Waals surface area contributed by atoms with Gasteiger partial charge in [-0.1, -0.05) is 36.4 Å². The highest BCUT2D eigenvalue weighted by Crippen LogP contribution is 2.30. The largest absolute Gasteiger partial charge is 0.327 e. The van der Waals surface area contributed by atoms with Crippen LogP contribution in [0, 0.1) is 6.92 Å². The lowest BCUT2D eigenvalue weighted by Gasteiger charge is -2.13. The molecule has 4 heteroatoms. The molecule has 1 aromatic heterocycles. The van der Waals surface area contributed by atoms with Crippen LogP contribution in [0.4, 0.5) is 0 Å². The number of benzene rings is 1. The van der Waals surface area contributed by atoms with Gasteiger partial charge in [0, 0.05) is 23.3 Å². The summed E-state index contributed by atoms with van der Waals surface area (Å²) < 4.78 is 0. The van der Waals surface area contributed by atoms with E-state index in [-0.39, 0.29) is 6.04 Å². The Balaban J connectivity index is 2.24. The van der Waals surface area contributed by atoms with Crippen LogP contribution in [0.25, 0.3) is 0 Å². The molecule has 0 amide bonds. The summed E-state index contributed by atoms with van der Waals surface area (Å²) >= 11 is 1.65. The van der Waals surface area contributed by atoms with Gasteiger partial charge in [0.15, 0.2) is 0 Å². The van der Waals surface area contributed by atoms with E-state index in [2.05, 4.69) is 42.0 Å². The van der Waals surface area contributed by atoms with Gasteiger partial charge in [0.25, 0.3) is 0 Å². The molecule has 0 saturated heterocycles. The molecule has 3 nitrogen and oxygen atoms in total. The van der Waals surface area contributed by atoms with Crippen molar-refractivity contribution < 1.29 is 0 Å². The van der Waals surface area contributed by atoms with Crippen molar-refractivity contribution in [3.63, 3.8) is 0 Å². The molecule has 1 unspecified atom stereocenters. The molecule has 0 aliphatic heterocycles. The quantitative estimate of drug-likeness (QED) is 0.908. The van der Waals surface area contributed by atoms with Crippen molar-refractivity contribution in [1.82, 2.24) is 9.97 Å². The van der Waals surface area contributed by atoms with Gasteiger partial charge in [-0.3, -0.25) is 4.98 Å². The standard InChI is InChI=1S/C15H19N3S/c1-3-13(16)9-12-8-11(2)4-5-14(12)19-15-10-17-6-7-18-15/h4-8,10,13H,3,9,16H2,1-2H3. The van der Waals surface area contributed by atoms with Gasteiger partial charge in [0.2, 0.25) is 0 Å². The fraction of sp³-hybridized carbons (Fsp3) is 0.333. The van der Waals surface area contributed by atoms with E-state index >= 15 is 0 Å². The van der Waals surface area contributed by atoms with Gasteiger partial charge in [-0.2, -0.15) is 0 Å². The van der Waals surface area contributed by atoms with Gasteiger partial charge in [-0.25, -0.2) is 4.98 Å². The minimum atomic E-state index is 0.211. The summed E-state index contributed by atoms with van der Waals surface area (Å²) in [6.45, 7) is 4.23. The Hall–Kier alpha value is -1.39. The molecule has 1 atom stereocenters. The number of rotatable bonds is 5. The third-order valence-corrected chi connectivity index (χ3v) is 4.01. The Labute approximate surface area is 118 Å². The number of nitrogens with two attached hydrogens (primary N) is 1. The summed E-state index contributed by atoms with van der Waals surface area (Å²) in [5.74, 6) is 0. The van der Waals surface area contributed by atoms with E-state index in [9.17, 15) is 0 Å². The number of hydrogen-bond acceptors (Lipinski definition) is 4. The maximum atomic E-state index is 6.08. The number of aryl methyl sites for hydroxylation is 1. The zero-order valence-electron chi connectivity index (χ0n) is 11.3. The summed E-state index contributed by atoms with van der Waals surface area (Å²) in [4.78, 5) is 9.62. The van der Waals surface area contributed by atoms with Crippen molar-refractivity contribution in [3.8, 4) is 0 Å². The molecule has 2 N–H and O–H groups in total. The molecular weight excluding hydrogens is 254 g/mol. The zero-order chi connectivity index (χ0) is 13.7. The van der Waals surface area contributed by atoms with Crippen LogP contribution in [-0.2, 0) is 6.42 Å². The molecular formula is C15H19N3S. The minimum Gasteiger partial charge on any atom is -0.327 e. The second-order valence-electron chi connectivity index (χ2n) is 4.63. The van der Waals surface area contributed by atoms with Gasteiger partial charge in [0.05, 0.1) is 6.20 Å². The maximum Gasteiger partial charge on any atom is 0.119 e. The summed E-state index contributed by atoms with van der Waals surface area (Å²) in [6.07, 6.45) is 7.08. The van der Waals surface area contributed by atoms with Gasteiger partial charge in [0.1, 0.15) is 5.03 Å². The highest BCUT2D eigenvalue weighted by molar-refractivity contribution is 7.99. The van der Waals surface area contributed by atoms with Crippen LogP contribution in [-0.4, -0.2) is 16.0 Å². The average Bonchev–Trinajstić information content (AvgIpc) is 2.43. The molecule has 0 bridgehead atoms. The Morgan fingerprint density at radius 2 is 2.16 bits per heavy atom. The van der Waals surface area contributed by atoms with Crippen molar-refractivity contribution in [2.24, 2.45) is 5.73 Å². The number of hydrogen-bond donors (Lipinski definition) is 1. The normalized spacial score (nSPS) is 12.4. The predicted octanol–water partition coefficient (Wildman–Crippen LogP) is 3.22. The van der Waals surface area contributed by atoms with Crippen molar-refractivity contribution in [2.45, 2.75) is 42.7 Å². The van der Waals surface area contributed by atoms with Gasteiger partial charge < -0.3 is 5.73 Å². The Morgan fingerprint density at radius 1 is 1.32 bits per heavy atom. The van der Waals surface area contributed by atoms with Crippen LogP contribution in [0.3, 0.4) is 0 Å². The molecule has 0 aliphatic carbocycles. The Kier molecular flexibility index (Phi) is 4.93. The molecule has 0 aliphatic rings. The van der Waals surface area contributed by atoms with Crippen LogP contribution in [0.5, 0.6) is 0 Å². The molecule has 1 aromatic carbocycles. The summed E-state index contributed by atoms with van der Waals surface area (Å²) in [6, 6.07) is 6.70. The zero-order valence-corrected chi connectivity index (χ0v) is 12.2. The molecule has 100 valence electrons. The topological polar surface area (TPSA) is 51.8 Å². The van der Waals surface area contributed by atoms with E-state index in [1.807, 2.05) is 0 Å². The lowest BCUT2D eigenvalue weighted by molar-refractivity contribution is 0.641. The van der Waals surface area contributed by atoms with E-state index < -0.39 is 0 Å². The highest BCUT2D eigenvalue weighted by atomic mass is 32.2. The second-order valence-corrected chi connectivity index (χ2v) is 5.69. The molecule has 0 radical (unpaired) electrons. The SMILES string of the molecule is CCC(N)Cc1cc(C)ccc1Sc1cnccn1. The fourth-order valence-electron chi connectivity index (χ4n) is 1.84. The minimum absolute atomic E-state index is 0.211. The predicted molar refractivity (Wildman–Crippen MR) is 79.3 cm³/mol. The van der Waals surface area contributed by atoms with Crippen LogP contribution in [0.2, 0.25) is 0 Å². The van der Waals surface area contributed by atoms with E-state index in [1.165, 1.54) is 16.0 Å². The Morgan fingerprint density at radius 3 is 2.84 bits per heavy atom. The third kappa shape index (κ3) is 4.04. The highest BCUT2D eigenvalue weighted by Gasteiger charge is 2.09. The van der Waals surface area contributed by atoms with Crippen molar-refractivity contribution in [1.29, 1.82) is 0 Å². The first-order valence-corrected chi connectivity index (χ1v) is 7.29. The van der Waals surface area contributed by atoms with E-state index in [0.717, 1.165) is 17.9 Å². The first kappa shape index (κ1) is 14.0. The van der Waals surface area contributed by atoms with Gasteiger partial charge in [-0.05, 0) is 31.4 Å². The van der Waals surface area contributed by atoms with E-state index in [1.54, 1.807) is 30.4 Å². The smallest absolute Gasteiger partial charge is 0.119 e. The van der Waals surface area contributed by atoms with Crippen LogP contribution in [0.15, 0.2) is 46.7 Å². The second kappa shape index (κ2) is 6.68. The average molecular weight is 273 g/mol. The number of aromatic nitrogens is 2. The van der Waals surface area contributed by atoms with Gasteiger partial charge in [-0.15, -0.1) is 0 Å². The maximum absolute atomic E-state index is 6.08. The van der Waals surface area contributed by atoms with E-state index in [4.69, 9.17) is 5.73 Å². The third-order valence-electron chi connectivity index (χ3n) is 2.98. The summed E-state index contributed by atoms with van der Waals surface area (Å²) in [5, 5.41) is 0.915. The summed E-state index contributed by atoms with van der Waals surface area (Å²) in [5.41, 5.74) is 8.64.